The van der Waals surface area contributed by atoms with E-state index in [1.54, 1.807) is 14.2 Å². The average Bonchev–Trinajstić information content (AvgIpc) is 2.66. The van der Waals surface area contributed by atoms with Crippen LogP contribution in [0.3, 0.4) is 0 Å². The lowest BCUT2D eigenvalue weighted by Crippen LogP contribution is -2.54. The van der Waals surface area contributed by atoms with E-state index < -0.39 is 5.79 Å². The Morgan fingerprint density at radius 1 is 1.27 bits per heavy atom. The van der Waals surface area contributed by atoms with E-state index in [-0.39, 0.29) is 5.60 Å². The molecule has 5 heteroatoms. The Hall–Kier alpha value is 0.577. The molecule has 0 spiro atoms. The van der Waals surface area contributed by atoms with Crippen LogP contribution < -0.4 is 0 Å². The Bertz CT molecular complexity index is 199. The van der Waals surface area contributed by atoms with E-state index in [2.05, 4.69) is 15.9 Å². The molecule has 2 unspecified atom stereocenters. The largest absolute Gasteiger partial charge is 0.399 e. The van der Waals surface area contributed by atoms with Gasteiger partial charge in [0.1, 0.15) is 16.1 Å². The quantitative estimate of drug-likeness (QED) is 0.421. The van der Waals surface area contributed by atoms with Gasteiger partial charge in [0.15, 0.2) is 5.79 Å². The summed E-state index contributed by atoms with van der Waals surface area (Å²) in [6.45, 7) is 0. The predicted octanol–water partition coefficient (Wildman–Crippen LogP) is 1.37. The van der Waals surface area contributed by atoms with Crippen LogP contribution in [0.5, 0.6) is 0 Å². The third kappa shape index (κ3) is 2.31. The van der Waals surface area contributed by atoms with E-state index >= 15 is 0 Å². The van der Waals surface area contributed by atoms with Crippen molar-refractivity contribution in [3.63, 3.8) is 0 Å². The third-order valence-corrected chi connectivity index (χ3v) is 4.77. The topological polar surface area (TPSA) is 27.7 Å². The molecule has 0 aromatic carbocycles. The van der Waals surface area contributed by atoms with E-state index in [9.17, 15) is 0 Å². The van der Waals surface area contributed by atoms with Crippen LogP contribution in [-0.4, -0.2) is 41.4 Å². The SMILES string of the molecule is COC1(CCCBr)CCCC1(OC)O[SiH3]. The van der Waals surface area contributed by atoms with Crippen molar-refractivity contribution in [3.05, 3.63) is 0 Å². The Kier molecular flexibility index (Phi) is 5.25. The van der Waals surface area contributed by atoms with Crippen molar-refractivity contribution in [1.29, 1.82) is 0 Å². The Balaban J connectivity index is 2.84. The maximum Gasteiger partial charge on any atom is 0.187 e. The summed E-state index contributed by atoms with van der Waals surface area (Å²) in [5.41, 5.74) is -0.239. The highest BCUT2D eigenvalue weighted by atomic mass is 79.9. The van der Waals surface area contributed by atoms with E-state index in [1.165, 1.54) is 0 Å². The van der Waals surface area contributed by atoms with Crippen LogP contribution in [0.4, 0.5) is 0 Å². The van der Waals surface area contributed by atoms with Crippen LogP contribution in [0.15, 0.2) is 0 Å². The smallest absolute Gasteiger partial charge is 0.187 e. The first kappa shape index (κ1) is 13.6. The molecule has 90 valence electrons. The molecule has 1 aliphatic carbocycles. The molecule has 0 heterocycles. The molecule has 3 nitrogen and oxygen atoms in total. The number of methoxy groups -OCH3 is 2. The number of hydrogen-bond acceptors (Lipinski definition) is 3. The molecular weight excluding hydrogens is 276 g/mol. The number of rotatable bonds is 6. The number of ether oxygens (including phenoxy) is 2. The highest BCUT2D eigenvalue weighted by molar-refractivity contribution is 9.09. The molecule has 2 atom stereocenters. The minimum atomic E-state index is -0.490. The van der Waals surface area contributed by atoms with Crippen LogP contribution in [0.1, 0.15) is 32.1 Å². The third-order valence-electron chi connectivity index (χ3n) is 3.55. The lowest BCUT2D eigenvalue weighted by Gasteiger charge is -2.43. The first-order chi connectivity index (χ1) is 7.20. The lowest BCUT2D eigenvalue weighted by molar-refractivity contribution is -0.266. The molecule has 1 rings (SSSR count). The minimum Gasteiger partial charge on any atom is -0.399 e. The van der Waals surface area contributed by atoms with Gasteiger partial charge >= 0.3 is 0 Å². The van der Waals surface area contributed by atoms with Crippen molar-refractivity contribution in [3.8, 4) is 0 Å². The van der Waals surface area contributed by atoms with E-state index in [0.717, 1.165) is 37.4 Å². The number of hydrogen-bond donors (Lipinski definition) is 0. The molecular formula is C10H21BrO3Si. The van der Waals surface area contributed by atoms with Gasteiger partial charge in [-0.05, 0) is 25.7 Å². The molecule has 0 bridgehead atoms. The molecule has 0 amide bonds. The molecule has 15 heavy (non-hydrogen) atoms. The summed E-state index contributed by atoms with van der Waals surface area (Å²) >= 11 is 3.46. The summed E-state index contributed by atoms with van der Waals surface area (Å²) in [5.74, 6) is -0.490. The fourth-order valence-electron chi connectivity index (χ4n) is 2.71. The second-order valence-electron chi connectivity index (χ2n) is 4.01. The van der Waals surface area contributed by atoms with Crippen LogP contribution >= 0.6 is 15.9 Å². The fourth-order valence-corrected chi connectivity index (χ4v) is 3.74. The minimum absolute atomic E-state index is 0.239. The van der Waals surface area contributed by atoms with Crippen molar-refractivity contribution in [2.24, 2.45) is 0 Å². The zero-order chi connectivity index (χ0) is 11.4. The van der Waals surface area contributed by atoms with E-state index in [4.69, 9.17) is 13.9 Å². The van der Waals surface area contributed by atoms with Gasteiger partial charge in [0.05, 0.1) is 0 Å². The highest BCUT2D eigenvalue weighted by Gasteiger charge is 2.55. The van der Waals surface area contributed by atoms with E-state index in [0.29, 0.717) is 10.5 Å². The summed E-state index contributed by atoms with van der Waals surface area (Å²) in [6.07, 6.45) is 5.18. The zero-order valence-electron chi connectivity index (χ0n) is 9.85. The Morgan fingerprint density at radius 2 is 2.00 bits per heavy atom. The number of halogens is 1. The molecule has 1 aliphatic rings. The van der Waals surface area contributed by atoms with Crippen molar-refractivity contribution < 1.29 is 13.9 Å². The molecule has 0 aromatic rings. The Labute approximate surface area is 104 Å². The van der Waals surface area contributed by atoms with Crippen LogP contribution in [-0.2, 0) is 13.9 Å². The van der Waals surface area contributed by atoms with E-state index in [1.807, 2.05) is 0 Å². The average molecular weight is 297 g/mol. The number of alkyl halides is 1. The summed E-state index contributed by atoms with van der Waals surface area (Å²) in [4.78, 5) is 0. The van der Waals surface area contributed by atoms with Crippen molar-refractivity contribution >= 4 is 26.4 Å². The van der Waals surface area contributed by atoms with Gasteiger partial charge in [0.2, 0.25) is 0 Å². The van der Waals surface area contributed by atoms with Crippen molar-refractivity contribution in [2.45, 2.75) is 43.5 Å². The summed E-state index contributed by atoms with van der Waals surface area (Å²) in [7, 11) is 4.18. The zero-order valence-corrected chi connectivity index (χ0v) is 13.4. The van der Waals surface area contributed by atoms with Gasteiger partial charge in [-0.15, -0.1) is 0 Å². The van der Waals surface area contributed by atoms with Gasteiger partial charge < -0.3 is 13.9 Å². The first-order valence-corrected chi connectivity index (χ1v) is 7.35. The van der Waals surface area contributed by atoms with Gasteiger partial charge in [-0.3, -0.25) is 0 Å². The summed E-state index contributed by atoms with van der Waals surface area (Å²) in [5, 5.41) is 0.999. The van der Waals surface area contributed by atoms with Gasteiger partial charge in [-0.25, -0.2) is 0 Å². The first-order valence-electron chi connectivity index (χ1n) is 5.42. The molecule has 1 saturated carbocycles. The molecule has 1 fully saturated rings. The van der Waals surface area contributed by atoms with Crippen molar-refractivity contribution in [1.82, 2.24) is 0 Å². The summed E-state index contributed by atoms with van der Waals surface area (Å²) < 4.78 is 17.1. The molecule has 0 radical (unpaired) electrons. The molecule has 0 N–H and O–H groups in total. The van der Waals surface area contributed by atoms with Gasteiger partial charge in [-0.1, -0.05) is 15.9 Å². The van der Waals surface area contributed by atoms with Crippen LogP contribution in [0.25, 0.3) is 0 Å². The maximum atomic E-state index is 5.75. The fraction of sp³-hybridized carbons (Fsp3) is 1.00. The standard InChI is InChI=1S/C10H21BrO3Si/c1-12-9(6-4-8-11)5-3-7-10(9,13-2)14-15/h3-8H2,1-2,15H3. The van der Waals surface area contributed by atoms with Gasteiger partial charge in [-0.2, -0.15) is 0 Å². The van der Waals surface area contributed by atoms with Gasteiger partial charge in [0, 0.05) is 26.0 Å². The van der Waals surface area contributed by atoms with Gasteiger partial charge in [0.25, 0.3) is 0 Å². The Morgan fingerprint density at radius 3 is 2.47 bits per heavy atom. The normalized spacial score (nSPS) is 36.2. The van der Waals surface area contributed by atoms with Crippen LogP contribution in [0, 0.1) is 0 Å². The molecule has 0 aliphatic heterocycles. The molecule has 0 aromatic heterocycles. The second kappa shape index (κ2) is 5.77. The molecule has 0 saturated heterocycles. The maximum absolute atomic E-state index is 5.75. The monoisotopic (exact) mass is 296 g/mol. The second-order valence-corrected chi connectivity index (χ2v) is 5.21. The lowest BCUT2D eigenvalue weighted by atomic mass is 9.90. The van der Waals surface area contributed by atoms with Crippen LogP contribution in [0.2, 0.25) is 0 Å². The highest BCUT2D eigenvalue weighted by Crippen LogP contribution is 2.47. The summed E-state index contributed by atoms with van der Waals surface area (Å²) in [6, 6.07) is 0. The predicted molar refractivity (Wildman–Crippen MR) is 67.4 cm³/mol. The van der Waals surface area contributed by atoms with Crippen molar-refractivity contribution in [2.75, 3.05) is 19.5 Å².